The van der Waals surface area contributed by atoms with Gasteiger partial charge in [-0.2, -0.15) is 26.3 Å². The topological polar surface area (TPSA) is 59.1 Å². The zero-order chi connectivity index (χ0) is 20.6. The summed E-state index contributed by atoms with van der Waals surface area (Å²) < 4.78 is 103. The van der Waals surface area contributed by atoms with Gasteiger partial charge in [-0.15, -0.1) is 0 Å². The molecule has 1 N–H and O–H groups in total. The van der Waals surface area contributed by atoms with Crippen LogP contribution in [0.15, 0.2) is 39.8 Å². The maximum Gasteiger partial charge on any atom is 0.416 e. The Kier molecular flexibility index (Phi) is 6.15. The lowest BCUT2D eigenvalue weighted by molar-refractivity contribution is -0.143. The molecular weight excluding hydrogens is 490 g/mol. The minimum atomic E-state index is -5.03. The first-order valence-corrected chi connectivity index (χ1v) is 9.44. The van der Waals surface area contributed by atoms with E-state index in [1.165, 1.54) is 0 Å². The van der Waals surface area contributed by atoms with E-state index in [4.69, 9.17) is 11.6 Å². The molecule has 2 aromatic rings. The highest BCUT2D eigenvalue weighted by molar-refractivity contribution is 9.10. The molecule has 2 rings (SSSR count). The predicted molar refractivity (Wildman–Crippen MR) is 87.4 cm³/mol. The largest absolute Gasteiger partial charge is 0.416 e. The Bertz CT molecular complexity index is 931. The van der Waals surface area contributed by atoms with Gasteiger partial charge in [-0.3, -0.25) is 0 Å². The van der Waals surface area contributed by atoms with Crippen molar-refractivity contribution in [3.8, 4) is 0 Å². The molecule has 0 fully saturated rings. The molecule has 0 bridgehead atoms. The van der Waals surface area contributed by atoms with E-state index in [0.717, 1.165) is 12.3 Å². The van der Waals surface area contributed by atoms with Crippen molar-refractivity contribution < 1.29 is 34.8 Å². The average Bonchev–Trinajstić information content (AvgIpc) is 2.53. The van der Waals surface area contributed by atoms with Crippen LogP contribution in [0.4, 0.5) is 26.3 Å². The third-order valence-corrected chi connectivity index (χ3v) is 5.70. The fourth-order valence-corrected chi connectivity index (χ4v) is 3.53. The molecule has 0 unspecified atom stereocenters. The lowest BCUT2D eigenvalue weighted by atomic mass is 10.0. The van der Waals surface area contributed by atoms with Gasteiger partial charge in [0.25, 0.3) is 0 Å². The van der Waals surface area contributed by atoms with Gasteiger partial charge in [-0.05, 0) is 45.8 Å². The molecule has 0 amide bonds. The lowest BCUT2D eigenvalue weighted by Gasteiger charge is -2.14. The number of rotatable bonds is 4. The van der Waals surface area contributed by atoms with Gasteiger partial charge in [0, 0.05) is 12.7 Å². The molecule has 1 aromatic heterocycles. The third-order valence-electron chi connectivity index (χ3n) is 3.20. The summed E-state index contributed by atoms with van der Waals surface area (Å²) in [4.78, 5) is 3.22. The number of benzene rings is 1. The molecule has 4 nitrogen and oxygen atoms in total. The monoisotopic (exact) mass is 496 g/mol. The van der Waals surface area contributed by atoms with Crippen molar-refractivity contribution in [1.82, 2.24) is 9.71 Å². The van der Waals surface area contributed by atoms with Crippen LogP contribution in [0, 0.1) is 0 Å². The smallest absolute Gasteiger partial charge is 0.242 e. The van der Waals surface area contributed by atoms with E-state index in [1.54, 1.807) is 0 Å². The van der Waals surface area contributed by atoms with E-state index in [9.17, 15) is 34.8 Å². The molecular formula is C14H8BrClF6N2O2S. The standard InChI is InChI=1S/C14H8BrClF6N2O2S/c15-11-4-10(6-23-12(11)16)27(25,26)24-5-7-1-8(13(17,18)19)3-9(2-7)14(20,21)22/h1-4,6,24H,5H2. The zero-order valence-electron chi connectivity index (χ0n) is 12.8. The second-order valence-electron chi connectivity index (χ2n) is 5.18. The maximum absolute atomic E-state index is 12.8. The van der Waals surface area contributed by atoms with Gasteiger partial charge >= 0.3 is 12.4 Å². The van der Waals surface area contributed by atoms with Gasteiger partial charge in [0.2, 0.25) is 10.0 Å². The van der Waals surface area contributed by atoms with E-state index in [-0.39, 0.29) is 20.6 Å². The maximum atomic E-state index is 12.8. The SMILES string of the molecule is O=S(=O)(NCc1cc(C(F)(F)F)cc(C(F)(F)F)c1)c1cnc(Cl)c(Br)c1. The number of sulfonamides is 1. The number of nitrogens with zero attached hydrogens (tertiary/aromatic N) is 1. The first-order chi connectivity index (χ1) is 12.2. The fraction of sp³-hybridized carbons (Fsp3) is 0.214. The highest BCUT2D eigenvalue weighted by Gasteiger charge is 2.37. The van der Waals surface area contributed by atoms with Crippen LogP contribution in [0.1, 0.15) is 16.7 Å². The highest BCUT2D eigenvalue weighted by atomic mass is 79.9. The summed E-state index contributed by atoms with van der Waals surface area (Å²) in [5.74, 6) is 0. The predicted octanol–water partition coefficient (Wildman–Crippen LogP) is 5.01. The Balaban J connectivity index is 2.35. The summed E-state index contributed by atoms with van der Waals surface area (Å²) in [6, 6.07) is 1.92. The van der Waals surface area contributed by atoms with Crippen LogP contribution in [0.3, 0.4) is 0 Å². The fourth-order valence-electron chi connectivity index (χ4n) is 1.93. The molecule has 0 aliphatic heterocycles. The van der Waals surface area contributed by atoms with Crippen molar-refractivity contribution in [3.63, 3.8) is 0 Å². The van der Waals surface area contributed by atoms with E-state index in [0.29, 0.717) is 12.1 Å². The Hall–Kier alpha value is -1.37. The van der Waals surface area contributed by atoms with Crippen molar-refractivity contribution in [2.24, 2.45) is 0 Å². The number of alkyl halides is 6. The first kappa shape index (κ1) is 21.9. The van der Waals surface area contributed by atoms with Crippen molar-refractivity contribution in [3.05, 3.63) is 56.8 Å². The van der Waals surface area contributed by atoms with Crippen LogP contribution in [-0.2, 0) is 28.9 Å². The first-order valence-electron chi connectivity index (χ1n) is 6.79. The van der Waals surface area contributed by atoms with Crippen LogP contribution in [-0.4, -0.2) is 13.4 Å². The molecule has 0 saturated carbocycles. The van der Waals surface area contributed by atoms with Crippen molar-refractivity contribution in [2.75, 3.05) is 0 Å². The van der Waals surface area contributed by atoms with Gasteiger partial charge < -0.3 is 0 Å². The molecule has 148 valence electrons. The number of pyridine rings is 1. The second-order valence-corrected chi connectivity index (χ2v) is 8.16. The third kappa shape index (κ3) is 5.56. The molecule has 0 saturated heterocycles. The number of nitrogens with one attached hydrogen (secondary N) is 1. The normalized spacial score (nSPS) is 13.0. The van der Waals surface area contributed by atoms with Crippen molar-refractivity contribution >= 4 is 37.6 Å². The Morgan fingerprint density at radius 3 is 1.96 bits per heavy atom. The van der Waals surface area contributed by atoms with Crippen LogP contribution in [0.5, 0.6) is 0 Å². The Morgan fingerprint density at radius 2 is 1.52 bits per heavy atom. The molecule has 13 heteroatoms. The minimum Gasteiger partial charge on any atom is -0.242 e. The van der Waals surface area contributed by atoms with Gasteiger partial charge in [-0.25, -0.2) is 18.1 Å². The average molecular weight is 498 g/mol. The van der Waals surface area contributed by atoms with Crippen molar-refractivity contribution in [1.29, 1.82) is 0 Å². The summed E-state index contributed by atoms with van der Waals surface area (Å²) >= 11 is 8.60. The lowest BCUT2D eigenvalue weighted by Crippen LogP contribution is -2.24. The zero-order valence-corrected chi connectivity index (χ0v) is 15.9. The van der Waals surface area contributed by atoms with Crippen LogP contribution < -0.4 is 4.72 Å². The molecule has 0 spiro atoms. The molecule has 1 aromatic carbocycles. The number of hydrogen-bond donors (Lipinski definition) is 1. The minimum absolute atomic E-state index is 0.0263. The van der Waals surface area contributed by atoms with Crippen LogP contribution in [0.25, 0.3) is 0 Å². The van der Waals surface area contributed by atoms with E-state index >= 15 is 0 Å². The molecule has 0 atom stereocenters. The molecule has 27 heavy (non-hydrogen) atoms. The summed E-state index contributed by atoms with van der Waals surface area (Å²) in [6.07, 6.45) is -9.16. The van der Waals surface area contributed by atoms with E-state index < -0.39 is 45.6 Å². The molecule has 0 aliphatic rings. The van der Waals surface area contributed by atoms with Gasteiger partial charge in [-0.1, -0.05) is 11.6 Å². The van der Waals surface area contributed by atoms with Crippen LogP contribution >= 0.6 is 27.5 Å². The summed E-state index contributed by atoms with van der Waals surface area (Å²) in [6.45, 7) is -0.796. The second kappa shape index (κ2) is 7.57. The molecule has 0 aliphatic carbocycles. The Morgan fingerprint density at radius 1 is 1.00 bits per heavy atom. The highest BCUT2D eigenvalue weighted by Crippen LogP contribution is 2.36. The number of aromatic nitrogens is 1. The Labute approximate surface area is 162 Å². The molecule has 0 radical (unpaired) electrons. The van der Waals surface area contributed by atoms with Gasteiger partial charge in [0.15, 0.2) is 0 Å². The number of hydrogen-bond acceptors (Lipinski definition) is 3. The van der Waals surface area contributed by atoms with Crippen molar-refractivity contribution in [2.45, 2.75) is 23.8 Å². The molecule has 1 heterocycles. The van der Waals surface area contributed by atoms with Crippen LogP contribution in [0.2, 0.25) is 5.15 Å². The summed E-state index contributed by atoms with van der Waals surface area (Å²) in [7, 11) is -4.26. The summed E-state index contributed by atoms with van der Waals surface area (Å²) in [5.41, 5.74) is -3.59. The van der Waals surface area contributed by atoms with Gasteiger partial charge in [0.1, 0.15) is 10.0 Å². The van der Waals surface area contributed by atoms with Gasteiger partial charge in [0.05, 0.1) is 15.6 Å². The van der Waals surface area contributed by atoms with E-state index in [2.05, 4.69) is 20.9 Å². The quantitative estimate of drug-likeness (QED) is 0.477. The summed E-state index contributed by atoms with van der Waals surface area (Å²) in [5, 5.41) is -0.0263. The number of halogens is 8. The van der Waals surface area contributed by atoms with E-state index in [1.807, 2.05) is 4.72 Å².